The van der Waals surface area contributed by atoms with E-state index in [4.69, 9.17) is 27.5 Å². The highest BCUT2D eigenvalue weighted by atomic mass is 35.5. The molecule has 0 spiro atoms. The van der Waals surface area contributed by atoms with Gasteiger partial charge in [-0.25, -0.2) is 0 Å². The first-order valence-electron chi connectivity index (χ1n) is 6.05. The number of ether oxygens (including phenoxy) is 1. The molecule has 0 aliphatic heterocycles. The van der Waals surface area contributed by atoms with E-state index in [-0.39, 0.29) is 5.84 Å². The molecule has 0 fully saturated rings. The van der Waals surface area contributed by atoms with E-state index in [9.17, 15) is 0 Å². The Morgan fingerprint density at radius 3 is 2.55 bits per heavy atom. The van der Waals surface area contributed by atoms with E-state index < -0.39 is 0 Å². The summed E-state index contributed by atoms with van der Waals surface area (Å²) in [7, 11) is 3.52. The van der Waals surface area contributed by atoms with E-state index >= 15 is 0 Å². The zero-order chi connectivity index (χ0) is 14.7. The minimum absolute atomic E-state index is 0.0238. The first kappa shape index (κ1) is 14.2. The fourth-order valence-corrected chi connectivity index (χ4v) is 2.23. The maximum atomic E-state index is 7.69. The predicted octanol–water partition coefficient (Wildman–Crippen LogP) is 3.40. The molecule has 2 aromatic rings. The number of anilines is 2. The van der Waals surface area contributed by atoms with Crippen LogP contribution >= 0.6 is 11.6 Å². The van der Waals surface area contributed by atoms with Crippen molar-refractivity contribution in [2.75, 3.05) is 19.1 Å². The zero-order valence-corrected chi connectivity index (χ0v) is 12.1. The Labute approximate surface area is 123 Å². The highest BCUT2D eigenvalue weighted by Gasteiger charge is 2.14. The summed E-state index contributed by atoms with van der Waals surface area (Å²) in [5.74, 6) is 0.726. The highest BCUT2D eigenvalue weighted by Crippen LogP contribution is 2.34. The lowest BCUT2D eigenvalue weighted by Gasteiger charge is -2.24. The van der Waals surface area contributed by atoms with Crippen molar-refractivity contribution in [2.24, 2.45) is 5.73 Å². The lowest BCUT2D eigenvalue weighted by molar-refractivity contribution is 0.415. The lowest BCUT2D eigenvalue weighted by atomic mass is 10.1. The number of nitrogens with one attached hydrogen (secondary N) is 1. The van der Waals surface area contributed by atoms with Gasteiger partial charge in [-0.15, -0.1) is 0 Å². The number of amidine groups is 1. The third-order valence-corrected chi connectivity index (χ3v) is 3.29. The number of nitrogen functional groups attached to an aromatic ring is 1. The molecule has 2 aromatic carbocycles. The van der Waals surface area contributed by atoms with Gasteiger partial charge in [-0.3, -0.25) is 5.41 Å². The van der Waals surface area contributed by atoms with Gasteiger partial charge in [0.05, 0.1) is 18.5 Å². The van der Waals surface area contributed by atoms with Gasteiger partial charge in [0, 0.05) is 17.6 Å². The molecular formula is C15H16ClN3O. The standard InChI is InChI=1S/C15H16ClN3O/c1-19(13-5-3-4-6-14(13)20-2)12-8-7-10(16)9-11(12)15(17)18/h3-9H,1-2H3,(H3,17,18). The number of methoxy groups -OCH3 is 1. The number of benzene rings is 2. The van der Waals surface area contributed by atoms with Crippen molar-refractivity contribution in [1.82, 2.24) is 0 Å². The van der Waals surface area contributed by atoms with Crippen LogP contribution in [-0.4, -0.2) is 20.0 Å². The monoisotopic (exact) mass is 289 g/mol. The summed E-state index contributed by atoms with van der Waals surface area (Å²) >= 11 is 5.97. The van der Waals surface area contributed by atoms with Crippen LogP contribution in [0.15, 0.2) is 42.5 Å². The van der Waals surface area contributed by atoms with Crippen molar-refractivity contribution in [2.45, 2.75) is 0 Å². The van der Waals surface area contributed by atoms with Crippen molar-refractivity contribution < 1.29 is 4.74 Å². The molecular weight excluding hydrogens is 274 g/mol. The van der Waals surface area contributed by atoms with Crippen molar-refractivity contribution >= 4 is 28.8 Å². The molecule has 0 heterocycles. The number of hydrogen-bond acceptors (Lipinski definition) is 3. The Hall–Kier alpha value is -2.20. The van der Waals surface area contributed by atoms with Gasteiger partial charge >= 0.3 is 0 Å². The molecule has 104 valence electrons. The van der Waals surface area contributed by atoms with Crippen molar-refractivity contribution in [3.8, 4) is 5.75 Å². The molecule has 0 aromatic heterocycles. The highest BCUT2D eigenvalue weighted by molar-refractivity contribution is 6.31. The van der Waals surface area contributed by atoms with Crippen LogP contribution in [0, 0.1) is 5.41 Å². The van der Waals surface area contributed by atoms with E-state index in [0.29, 0.717) is 10.6 Å². The molecule has 3 N–H and O–H groups in total. The number of para-hydroxylation sites is 2. The molecule has 4 nitrogen and oxygen atoms in total. The maximum absolute atomic E-state index is 7.69. The molecule has 0 aliphatic carbocycles. The van der Waals surface area contributed by atoms with E-state index in [1.165, 1.54) is 0 Å². The molecule has 0 saturated heterocycles. The smallest absolute Gasteiger partial charge is 0.142 e. The first-order valence-corrected chi connectivity index (χ1v) is 6.43. The van der Waals surface area contributed by atoms with Crippen LogP contribution in [0.2, 0.25) is 5.02 Å². The van der Waals surface area contributed by atoms with Crippen LogP contribution in [0.1, 0.15) is 5.56 Å². The first-order chi connectivity index (χ1) is 9.54. The van der Waals surface area contributed by atoms with E-state index in [1.54, 1.807) is 19.2 Å². The fourth-order valence-electron chi connectivity index (χ4n) is 2.05. The summed E-state index contributed by atoms with van der Waals surface area (Å²) in [6.45, 7) is 0. The summed E-state index contributed by atoms with van der Waals surface area (Å²) in [5.41, 5.74) is 7.91. The molecule has 0 saturated carbocycles. The normalized spacial score (nSPS) is 10.2. The Bertz CT molecular complexity index is 643. The molecule has 0 radical (unpaired) electrons. The van der Waals surface area contributed by atoms with Gasteiger partial charge in [0.15, 0.2) is 0 Å². The SMILES string of the molecule is COc1ccccc1N(C)c1ccc(Cl)cc1C(=N)N. The van der Waals surface area contributed by atoms with Crippen molar-refractivity contribution in [1.29, 1.82) is 5.41 Å². The third-order valence-electron chi connectivity index (χ3n) is 3.06. The number of rotatable bonds is 4. The van der Waals surface area contributed by atoms with E-state index in [1.807, 2.05) is 42.3 Å². The van der Waals surface area contributed by atoms with Gasteiger partial charge in [0.2, 0.25) is 0 Å². The summed E-state index contributed by atoms with van der Waals surface area (Å²) in [6.07, 6.45) is 0. The Morgan fingerprint density at radius 2 is 1.90 bits per heavy atom. The second-order valence-electron chi connectivity index (χ2n) is 4.31. The summed E-state index contributed by atoms with van der Waals surface area (Å²) in [6, 6.07) is 13.0. The van der Waals surface area contributed by atoms with Gasteiger partial charge in [-0.2, -0.15) is 0 Å². The largest absolute Gasteiger partial charge is 0.495 e. The minimum atomic E-state index is -0.0238. The Balaban J connectivity index is 2.53. The summed E-state index contributed by atoms with van der Waals surface area (Å²) in [5, 5.41) is 8.24. The summed E-state index contributed by atoms with van der Waals surface area (Å²) < 4.78 is 5.36. The molecule has 0 atom stereocenters. The van der Waals surface area contributed by atoms with Gasteiger partial charge < -0.3 is 15.4 Å². The average molecular weight is 290 g/mol. The van der Waals surface area contributed by atoms with Crippen LogP contribution in [-0.2, 0) is 0 Å². The quantitative estimate of drug-likeness (QED) is 0.670. The van der Waals surface area contributed by atoms with E-state index in [0.717, 1.165) is 17.1 Å². The van der Waals surface area contributed by atoms with Gasteiger partial charge in [0.25, 0.3) is 0 Å². The van der Waals surface area contributed by atoms with E-state index in [2.05, 4.69) is 0 Å². The number of nitrogens with zero attached hydrogens (tertiary/aromatic N) is 1. The fraction of sp³-hybridized carbons (Fsp3) is 0.133. The Kier molecular flexibility index (Phi) is 4.15. The summed E-state index contributed by atoms with van der Waals surface area (Å²) in [4.78, 5) is 1.92. The zero-order valence-electron chi connectivity index (χ0n) is 11.4. The van der Waals surface area contributed by atoms with Gasteiger partial charge in [-0.05, 0) is 30.3 Å². The molecule has 5 heteroatoms. The van der Waals surface area contributed by atoms with Crippen molar-refractivity contribution in [3.63, 3.8) is 0 Å². The second-order valence-corrected chi connectivity index (χ2v) is 4.74. The van der Waals surface area contributed by atoms with Crippen LogP contribution < -0.4 is 15.4 Å². The molecule has 2 rings (SSSR count). The Morgan fingerprint density at radius 1 is 1.20 bits per heavy atom. The van der Waals surface area contributed by atoms with Gasteiger partial charge in [-0.1, -0.05) is 23.7 Å². The maximum Gasteiger partial charge on any atom is 0.142 e. The van der Waals surface area contributed by atoms with Crippen LogP contribution in [0.5, 0.6) is 5.75 Å². The average Bonchev–Trinajstić information content (AvgIpc) is 2.46. The molecule has 20 heavy (non-hydrogen) atoms. The molecule has 0 amide bonds. The molecule has 0 bridgehead atoms. The number of hydrogen-bond donors (Lipinski definition) is 2. The topological polar surface area (TPSA) is 62.3 Å². The van der Waals surface area contributed by atoms with Crippen LogP contribution in [0.25, 0.3) is 0 Å². The minimum Gasteiger partial charge on any atom is -0.495 e. The molecule has 0 aliphatic rings. The van der Waals surface area contributed by atoms with Crippen LogP contribution in [0.3, 0.4) is 0 Å². The number of halogens is 1. The second kappa shape index (κ2) is 5.84. The van der Waals surface area contributed by atoms with Crippen molar-refractivity contribution in [3.05, 3.63) is 53.1 Å². The predicted molar refractivity (Wildman–Crippen MR) is 83.5 cm³/mol. The lowest BCUT2D eigenvalue weighted by Crippen LogP contribution is -2.19. The number of nitrogens with two attached hydrogens (primary N) is 1. The van der Waals surface area contributed by atoms with Crippen LogP contribution in [0.4, 0.5) is 11.4 Å². The van der Waals surface area contributed by atoms with Gasteiger partial charge in [0.1, 0.15) is 11.6 Å². The molecule has 0 unspecified atom stereocenters. The third kappa shape index (κ3) is 2.70.